The van der Waals surface area contributed by atoms with Crippen LogP contribution in [0.2, 0.25) is 0 Å². The van der Waals surface area contributed by atoms with Crippen molar-refractivity contribution in [3.05, 3.63) is 24.3 Å². The summed E-state index contributed by atoms with van der Waals surface area (Å²) in [7, 11) is 0. The summed E-state index contributed by atoms with van der Waals surface area (Å²) >= 11 is 1.51. The van der Waals surface area contributed by atoms with E-state index in [9.17, 15) is 14.7 Å². The third kappa shape index (κ3) is 4.45. The smallest absolute Gasteiger partial charge is 0.326 e. The highest BCUT2D eigenvalue weighted by Crippen LogP contribution is 2.25. The second-order valence-electron chi connectivity index (χ2n) is 5.44. The van der Waals surface area contributed by atoms with Gasteiger partial charge in [0.1, 0.15) is 6.04 Å². The van der Waals surface area contributed by atoms with E-state index in [4.69, 9.17) is 0 Å². The lowest BCUT2D eigenvalue weighted by molar-refractivity contribution is -0.141. The maximum Gasteiger partial charge on any atom is 0.326 e. The van der Waals surface area contributed by atoms with Crippen LogP contribution in [0.15, 0.2) is 29.2 Å². The van der Waals surface area contributed by atoms with Gasteiger partial charge in [0.25, 0.3) is 0 Å². The molecule has 0 radical (unpaired) electrons. The lowest BCUT2D eigenvalue weighted by Crippen LogP contribution is -2.50. The van der Waals surface area contributed by atoms with Crippen molar-refractivity contribution in [1.82, 2.24) is 5.32 Å². The summed E-state index contributed by atoms with van der Waals surface area (Å²) in [6.07, 6.45) is 1.91. The normalized spacial score (nSPS) is 12.6. The summed E-state index contributed by atoms with van der Waals surface area (Å²) in [6.45, 7) is 5.30. The number of benzene rings is 1. The van der Waals surface area contributed by atoms with Crippen molar-refractivity contribution in [3.8, 4) is 0 Å². The van der Waals surface area contributed by atoms with Gasteiger partial charge in [-0.05, 0) is 23.8 Å². The number of hydrogen-bond acceptors (Lipinski definition) is 3. The second-order valence-corrected chi connectivity index (χ2v) is 6.28. The van der Waals surface area contributed by atoms with Crippen LogP contribution in [0.4, 0.5) is 10.5 Å². The van der Waals surface area contributed by atoms with Crippen molar-refractivity contribution in [2.45, 2.75) is 31.7 Å². The topological polar surface area (TPSA) is 78.4 Å². The SMILES string of the molecule is CSc1ccccc1NC(=O)NC(C(=O)O)C(C)(C)C. The van der Waals surface area contributed by atoms with E-state index < -0.39 is 23.5 Å². The summed E-state index contributed by atoms with van der Waals surface area (Å²) in [5.74, 6) is -1.05. The lowest BCUT2D eigenvalue weighted by Gasteiger charge is -2.27. The Balaban J connectivity index is 2.79. The fraction of sp³-hybridized carbons (Fsp3) is 0.429. The Morgan fingerprint density at radius 3 is 2.35 bits per heavy atom. The Bertz CT molecular complexity index is 497. The van der Waals surface area contributed by atoms with Crippen LogP contribution in [0.5, 0.6) is 0 Å². The zero-order chi connectivity index (χ0) is 15.3. The van der Waals surface area contributed by atoms with E-state index in [-0.39, 0.29) is 0 Å². The molecule has 1 unspecified atom stereocenters. The molecule has 2 amide bonds. The Hall–Kier alpha value is -1.69. The van der Waals surface area contributed by atoms with Crippen LogP contribution < -0.4 is 10.6 Å². The largest absolute Gasteiger partial charge is 0.480 e. The molecule has 0 aliphatic heterocycles. The molecule has 1 atom stereocenters. The van der Waals surface area contributed by atoms with Crippen LogP contribution in [0.3, 0.4) is 0 Å². The summed E-state index contributed by atoms with van der Waals surface area (Å²) in [6, 6.07) is 5.88. The molecule has 110 valence electrons. The number of carboxylic acid groups (broad SMARTS) is 1. The number of carbonyl (C=O) groups excluding carboxylic acids is 1. The average molecular weight is 296 g/mol. The Morgan fingerprint density at radius 1 is 1.25 bits per heavy atom. The Morgan fingerprint density at radius 2 is 1.85 bits per heavy atom. The first-order chi connectivity index (χ1) is 9.25. The van der Waals surface area contributed by atoms with Crippen LogP contribution in [0.1, 0.15) is 20.8 Å². The predicted molar refractivity (Wildman–Crippen MR) is 81.3 cm³/mol. The van der Waals surface area contributed by atoms with E-state index in [0.717, 1.165) is 4.90 Å². The van der Waals surface area contributed by atoms with Crippen molar-refractivity contribution in [1.29, 1.82) is 0 Å². The average Bonchev–Trinajstić information content (AvgIpc) is 2.35. The number of carboxylic acids is 1. The van der Waals surface area contributed by atoms with Gasteiger partial charge in [0.15, 0.2) is 0 Å². The summed E-state index contributed by atoms with van der Waals surface area (Å²) in [5, 5.41) is 14.4. The van der Waals surface area contributed by atoms with E-state index in [0.29, 0.717) is 5.69 Å². The van der Waals surface area contributed by atoms with Gasteiger partial charge in [0.2, 0.25) is 0 Å². The fourth-order valence-corrected chi connectivity index (χ4v) is 2.24. The van der Waals surface area contributed by atoms with Crippen molar-refractivity contribution in [2.75, 3.05) is 11.6 Å². The zero-order valence-electron chi connectivity index (χ0n) is 12.1. The summed E-state index contributed by atoms with van der Waals surface area (Å²) in [4.78, 5) is 24.1. The number of aliphatic carboxylic acids is 1. The maximum absolute atomic E-state index is 11.9. The van der Waals surface area contributed by atoms with Crippen LogP contribution in [-0.2, 0) is 4.79 Å². The molecule has 5 nitrogen and oxygen atoms in total. The number of amides is 2. The zero-order valence-corrected chi connectivity index (χ0v) is 12.9. The quantitative estimate of drug-likeness (QED) is 0.746. The van der Waals surface area contributed by atoms with E-state index in [2.05, 4.69) is 10.6 Å². The van der Waals surface area contributed by atoms with E-state index in [1.165, 1.54) is 11.8 Å². The summed E-state index contributed by atoms with van der Waals surface area (Å²) in [5.41, 5.74) is 0.0953. The number of thioether (sulfide) groups is 1. The van der Waals surface area contributed by atoms with Crippen molar-refractivity contribution in [3.63, 3.8) is 0 Å². The van der Waals surface area contributed by atoms with Gasteiger partial charge in [-0.1, -0.05) is 32.9 Å². The molecule has 20 heavy (non-hydrogen) atoms. The van der Waals surface area contributed by atoms with Crippen molar-refractivity contribution < 1.29 is 14.7 Å². The van der Waals surface area contributed by atoms with E-state index in [1.807, 2.05) is 24.5 Å². The molecule has 0 saturated heterocycles. The van der Waals surface area contributed by atoms with Gasteiger partial charge < -0.3 is 15.7 Å². The molecule has 0 spiro atoms. The minimum atomic E-state index is -1.05. The van der Waals surface area contributed by atoms with Crippen molar-refractivity contribution >= 4 is 29.4 Å². The molecule has 1 rings (SSSR count). The molecule has 0 saturated carbocycles. The molecular formula is C14H20N2O3S. The highest BCUT2D eigenvalue weighted by molar-refractivity contribution is 7.98. The van der Waals surface area contributed by atoms with Gasteiger partial charge in [-0.3, -0.25) is 0 Å². The highest BCUT2D eigenvalue weighted by atomic mass is 32.2. The minimum Gasteiger partial charge on any atom is -0.480 e. The maximum atomic E-state index is 11.9. The fourth-order valence-electron chi connectivity index (χ4n) is 1.69. The molecule has 0 heterocycles. The monoisotopic (exact) mass is 296 g/mol. The van der Waals surface area contributed by atoms with Crippen LogP contribution in [0.25, 0.3) is 0 Å². The highest BCUT2D eigenvalue weighted by Gasteiger charge is 2.32. The first kappa shape index (κ1) is 16.4. The minimum absolute atomic E-state index is 0.520. The van der Waals surface area contributed by atoms with Crippen molar-refractivity contribution in [2.24, 2.45) is 5.41 Å². The molecule has 0 aliphatic rings. The second kappa shape index (κ2) is 6.65. The first-order valence-electron chi connectivity index (χ1n) is 6.19. The van der Waals surface area contributed by atoms with E-state index >= 15 is 0 Å². The molecule has 1 aromatic carbocycles. The standard InChI is InChI=1S/C14H20N2O3S/c1-14(2,3)11(12(17)18)16-13(19)15-9-7-5-6-8-10(9)20-4/h5-8,11H,1-4H3,(H,17,18)(H2,15,16,19). The van der Waals surface area contributed by atoms with Gasteiger partial charge in [0.05, 0.1) is 5.69 Å². The third-order valence-corrected chi connectivity index (χ3v) is 3.54. The lowest BCUT2D eigenvalue weighted by atomic mass is 9.87. The summed E-state index contributed by atoms with van der Waals surface area (Å²) < 4.78 is 0. The molecule has 0 bridgehead atoms. The Kier molecular flexibility index (Phi) is 5.44. The van der Waals surface area contributed by atoms with Gasteiger partial charge in [-0.15, -0.1) is 11.8 Å². The molecule has 3 N–H and O–H groups in total. The van der Waals surface area contributed by atoms with Crippen LogP contribution in [-0.4, -0.2) is 29.4 Å². The van der Waals surface area contributed by atoms with E-state index in [1.54, 1.807) is 26.8 Å². The number of rotatable bonds is 4. The molecule has 1 aromatic rings. The number of hydrogen-bond donors (Lipinski definition) is 3. The number of nitrogens with one attached hydrogen (secondary N) is 2. The van der Waals surface area contributed by atoms with Crippen LogP contribution in [0, 0.1) is 5.41 Å². The predicted octanol–water partition coefficient (Wildman–Crippen LogP) is 3.03. The van der Waals surface area contributed by atoms with Gasteiger partial charge in [-0.2, -0.15) is 0 Å². The van der Waals surface area contributed by atoms with Gasteiger partial charge in [-0.25, -0.2) is 9.59 Å². The molecule has 6 heteroatoms. The third-order valence-electron chi connectivity index (χ3n) is 2.74. The van der Waals surface area contributed by atoms with Crippen LogP contribution >= 0.6 is 11.8 Å². The molecule has 0 aromatic heterocycles. The molecule has 0 aliphatic carbocycles. The van der Waals surface area contributed by atoms with Gasteiger partial charge >= 0.3 is 12.0 Å². The number of para-hydroxylation sites is 1. The number of carbonyl (C=O) groups is 2. The number of anilines is 1. The number of urea groups is 1. The molecule has 0 fully saturated rings. The van der Waals surface area contributed by atoms with Gasteiger partial charge in [0, 0.05) is 4.90 Å². The first-order valence-corrected chi connectivity index (χ1v) is 7.41. The molecular weight excluding hydrogens is 276 g/mol. The Labute approximate surface area is 123 Å².